The van der Waals surface area contributed by atoms with Gasteiger partial charge in [-0.25, -0.2) is 9.59 Å². The molecule has 4 bridgehead atoms. The van der Waals surface area contributed by atoms with E-state index in [2.05, 4.69) is 24.8 Å². The van der Waals surface area contributed by atoms with Crippen LogP contribution in [0.4, 0.5) is 0 Å². The summed E-state index contributed by atoms with van der Waals surface area (Å²) in [5.41, 5.74) is 0.749. The molecular weight excluding hydrogens is 472 g/mol. The summed E-state index contributed by atoms with van der Waals surface area (Å²) < 4.78 is 24.5. The van der Waals surface area contributed by atoms with Gasteiger partial charge in [-0.15, -0.1) is 6.58 Å². The van der Waals surface area contributed by atoms with Crippen molar-refractivity contribution in [3.05, 3.63) is 60.3 Å². The molecule has 0 aromatic heterocycles. The molecule has 2 aliphatic heterocycles. The van der Waals surface area contributed by atoms with Crippen molar-refractivity contribution in [1.29, 1.82) is 0 Å². The molecule has 2 heterocycles. The summed E-state index contributed by atoms with van der Waals surface area (Å²) in [7, 11) is 1.52. The minimum absolute atomic E-state index is 0.106. The second kappa shape index (κ2) is 10.0. The summed E-state index contributed by atoms with van der Waals surface area (Å²) in [4.78, 5) is 26.1. The van der Waals surface area contributed by atoms with Gasteiger partial charge in [0.05, 0.1) is 6.10 Å². The zero-order chi connectivity index (χ0) is 26.5. The molecular formula is C30H38O7. The highest BCUT2D eigenvalue weighted by Crippen LogP contribution is 2.61. The van der Waals surface area contributed by atoms with Gasteiger partial charge in [0.2, 0.25) is 0 Å². The Labute approximate surface area is 218 Å². The first-order valence-corrected chi connectivity index (χ1v) is 13.4. The van der Waals surface area contributed by atoms with Crippen molar-refractivity contribution in [3.63, 3.8) is 0 Å². The third-order valence-electron chi connectivity index (χ3n) is 9.16. The summed E-state index contributed by atoms with van der Waals surface area (Å²) in [6.07, 6.45) is 12.1. The molecule has 5 rings (SSSR count). The number of cyclic esters (lactones) is 1. The summed E-state index contributed by atoms with van der Waals surface area (Å²) in [5.74, 6) is -1.76. The van der Waals surface area contributed by atoms with Crippen LogP contribution in [-0.4, -0.2) is 60.3 Å². The fraction of sp³-hybridized carbons (Fsp3) is 0.600. The second-order valence-corrected chi connectivity index (χ2v) is 11.2. The Morgan fingerprint density at radius 2 is 2.11 bits per heavy atom. The van der Waals surface area contributed by atoms with E-state index in [0.717, 1.165) is 5.57 Å². The number of aliphatic hydroxyl groups excluding tert-OH is 1. The molecule has 11 atom stereocenters. The van der Waals surface area contributed by atoms with E-state index >= 15 is 0 Å². The van der Waals surface area contributed by atoms with Crippen molar-refractivity contribution in [2.75, 3.05) is 7.11 Å². The Hall–Kier alpha value is -2.48. The lowest BCUT2D eigenvalue weighted by atomic mass is 9.57. The lowest BCUT2D eigenvalue weighted by molar-refractivity contribution is -0.168. The molecule has 37 heavy (non-hydrogen) atoms. The van der Waals surface area contributed by atoms with Crippen LogP contribution in [-0.2, 0) is 28.5 Å². The fourth-order valence-corrected chi connectivity index (χ4v) is 7.21. The highest BCUT2D eigenvalue weighted by molar-refractivity contribution is 5.90. The quantitative estimate of drug-likeness (QED) is 0.444. The molecule has 0 radical (unpaired) electrons. The first-order chi connectivity index (χ1) is 17.7. The molecule has 200 valence electrons. The first kappa shape index (κ1) is 26.1. The molecule has 0 unspecified atom stereocenters. The van der Waals surface area contributed by atoms with Crippen molar-refractivity contribution in [2.24, 2.45) is 29.6 Å². The molecule has 0 aromatic carbocycles. The van der Waals surface area contributed by atoms with E-state index in [1.807, 2.05) is 32.9 Å². The predicted molar refractivity (Wildman–Crippen MR) is 137 cm³/mol. The van der Waals surface area contributed by atoms with Crippen LogP contribution in [0.3, 0.4) is 0 Å². The standard InChI is InChI=1S/C30H38O7/c1-6-9-22-16(2)14-17(3)30-20(15-23(34-5)29(33)35-22)12-13-21-24(30)25(31)18(4)26(27(21)37-30)36-28(32)19-10-7-8-11-19/h6-8,10,12-14,16,18,20-27,31H,1,9,11,15H2,2-5H3/b17-14+/t16-,18-,20-,21-,22-,23+,24+,25-,26-,27-,30+/m1/s1. The van der Waals surface area contributed by atoms with Crippen LogP contribution < -0.4 is 0 Å². The molecule has 1 spiro atoms. The molecule has 1 saturated heterocycles. The van der Waals surface area contributed by atoms with E-state index in [-0.39, 0.29) is 41.7 Å². The van der Waals surface area contributed by atoms with Gasteiger partial charge in [-0.1, -0.05) is 56.4 Å². The Morgan fingerprint density at radius 1 is 1.32 bits per heavy atom. The van der Waals surface area contributed by atoms with E-state index in [1.165, 1.54) is 7.11 Å². The van der Waals surface area contributed by atoms with Crippen LogP contribution in [0.15, 0.2) is 60.3 Å². The number of hydrogen-bond donors (Lipinski definition) is 1. The van der Waals surface area contributed by atoms with Crippen molar-refractivity contribution in [2.45, 2.75) is 76.2 Å². The number of esters is 2. The normalized spacial score (nSPS) is 45.8. The van der Waals surface area contributed by atoms with E-state index in [4.69, 9.17) is 18.9 Å². The van der Waals surface area contributed by atoms with Crippen molar-refractivity contribution < 1.29 is 33.6 Å². The van der Waals surface area contributed by atoms with E-state index in [0.29, 0.717) is 24.8 Å². The van der Waals surface area contributed by atoms with Crippen molar-refractivity contribution in [1.82, 2.24) is 0 Å². The Balaban J connectivity index is 1.56. The van der Waals surface area contributed by atoms with Gasteiger partial charge >= 0.3 is 11.9 Å². The van der Waals surface area contributed by atoms with E-state index in [9.17, 15) is 14.7 Å². The molecule has 2 fully saturated rings. The number of methoxy groups -OCH3 is 1. The number of rotatable bonds is 5. The van der Waals surface area contributed by atoms with Crippen LogP contribution in [0.1, 0.15) is 40.0 Å². The summed E-state index contributed by atoms with van der Waals surface area (Å²) in [6, 6.07) is 0. The minimum Gasteiger partial charge on any atom is -0.460 e. The number of allylic oxidation sites excluding steroid dienone is 3. The number of carbonyl (C=O) groups is 2. The zero-order valence-corrected chi connectivity index (χ0v) is 22.0. The Kier molecular flexibility index (Phi) is 7.07. The SMILES string of the molecule is C=CC[C@H]1OC(=O)[C@@H](OC)C[C@H]2C=C[C@H]3[C@H]4O[C@]2(/C(C)=C/[C@H]1C)[C@@H]3[C@H](O)[C@@H](C)[C@H]4OC(=O)C1=CC=CC1. The average Bonchev–Trinajstić information content (AvgIpc) is 3.47. The molecule has 3 aliphatic carbocycles. The fourth-order valence-electron chi connectivity index (χ4n) is 7.21. The first-order valence-electron chi connectivity index (χ1n) is 13.4. The highest BCUT2D eigenvalue weighted by atomic mass is 16.6. The molecule has 7 nitrogen and oxygen atoms in total. The predicted octanol–water partition coefficient (Wildman–Crippen LogP) is 3.84. The largest absolute Gasteiger partial charge is 0.460 e. The van der Waals surface area contributed by atoms with Crippen molar-refractivity contribution in [3.8, 4) is 0 Å². The van der Waals surface area contributed by atoms with Crippen LogP contribution in [0.5, 0.6) is 0 Å². The van der Waals surface area contributed by atoms with E-state index in [1.54, 1.807) is 12.2 Å². The molecule has 7 heteroatoms. The molecule has 0 aromatic rings. The average molecular weight is 511 g/mol. The minimum atomic E-state index is -0.853. The molecule has 1 N–H and O–H groups in total. The Bertz CT molecular complexity index is 1070. The van der Waals surface area contributed by atoms with Crippen LogP contribution in [0.2, 0.25) is 0 Å². The topological polar surface area (TPSA) is 91.3 Å². The molecule has 5 aliphatic rings. The maximum absolute atomic E-state index is 13.1. The maximum Gasteiger partial charge on any atom is 0.335 e. The van der Waals surface area contributed by atoms with Crippen LogP contribution >= 0.6 is 0 Å². The van der Waals surface area contributed by atoms with E-state index < -0.39 is 36.0 Å². The van der Waals surface area contributed by atoms with Gasteiger partial charge in [-0.3, -0.25) is 0 Å². The third kappa shape index (κ3) is 4.16. The van der Waals surface area contributed by atoms with Gasteiger partial charge < -0.3 is 24.1 Å². The maximum atomic E-state index is 13.1. The number of ether oxygens (including phenoxy) is 4. The number of hydrogen-bond acceptors (Lipinski definition) is 7. The van der Waals surface area contributed by atoms with Gasteiger partial charge in [0.15, 0.2) is 6.10 Å². The lowest BCUT2D eigenvalue weighted by Gasteiger charge is -2.48. The van der Waals surface area contributed by atoms with Gasteiger partial charge in [0, 0.05) is 48.7 Å². The molecule has 1 saturated carbocycles. The van der Waals surface area contributed by atoms with Crippen LogP contribution in [0, 0.1) is 29.6 Å². The lowest BCUT2D eigenvalue weighted by Crippen LogP contribution is -2.57. The van der Waals surface area contributed by atoms with Gasteiger partial charge in [0.1, 0.15) is 23.9 Å². The van der Waals surface area contributed by atoms with Gasteiger partial charge in [0.25, 0.3) is 0 Å². The summed E-state index contributed by atoms with van der Waals surface area (Å²) in [6.45, 7) is 9.83. The second-order valence-electron chi connectivity index (χ2n) is 11.2. The molecule has 0 amide bonds. The van der Waals surface area contributed by atoms with Crippen molar-refractivity contribution >= 4 is 11.9 Å². The summed E-state index contributed by atoms with van der Waals surface area (Å²) >= 11 is 0. The Morgan fingerprint density at radius 3 is 2.78 bits per heavy atom. The monoisotopic (exact) mass is 510 g/mol. The smallest absolute Gasteiger partial charge is 0.335 e. The summed E-state index contributed by atoms with van der Waals surface area (Å²) in [5, 5.41) is 11.7. The zero-order valence-electron chi connectivity index (χ0n) is 22.0. The van der Waals surface area contributed by atoms with Crippen LogP contribution in [0.25, 0.3) is 0 Å². The van der Waals surface area contributed by atoms with Gasteiger partial charge in [-0.2, -0.15) is 0 Å². The van der Waals surface area contributed by atoms with Gasteiger partial charge in [-0.05, 0) is 25.3 Å². The third-order valence-corrected chi connectivity index (χ3v) is 9.16. The number of aliphatic hydroxyl groups is 1. The highest BCUT2D eigenvalue weighted by Gasteiger charge is 2.69. The number of carbonyl (C=O) groups excluding carboxylic acids is 2.